The fourth-order valence-corrected chi connectivity index (χ4v) is 3.01. The quantitative estimate of drug-likeness (QED) is 0.889. The summed E-state index contributed by atoms with van der Waals surface area (Å²) in [5.41, 5.74) is 2.86. The molecule has 2 N–H and O–H groups in total. The Bertz CT molecular complexity index is 755. The Morgan fingerprint density at radius 2 is 1.69 bits per heavy atom. The summed E-state index contributed by atoms with van der Waals surface area (Å²) < 4.78 is 0. The van der Waals surface area contributed by atoms with E-state index in [1.165, 1.54) is 0 Å². The number of carbonyl (C=O) groups is 2. The van der Waals surface area contributed by atoms with Crippen molar-refractivity contribution in [2.45, 2.75) is 13.5 Å². The summed E-state index contributed by atoms with van der Waals surface area (Å²) in [5, 5.41) is 5.73. The summed E-state index contributed by atoms with van der Waals surface area (Å²) in [6.45, 7) is 5.13. The Kier molecular flexibility index (Phi) is 5.73. The van der Waals surface area contributed by atoms with Crippen molar-refractivity contribution in [2.24, 2.45) is 0 Å². The summed E-state index contributed by atoms with van der Waals surface area (Å²) in [7, 11) is 0. The Labute approximate surface area is 153 Å². The van der Waals surface area contributed by atoms with Crippen LogP contribution in [-0.2, 0) is 11.3 Å². The Morgan fingerprint density at radius 3 is 2.38 bits per heavy atom. The van der Waals surface area contributed by atoms with Crippen LogP contribution in [0, 0.1) is 0 Å². The van der Waals surface area contributed by atoms with Crippen molar-refractivity contribution in [1.29, 1.82) is 0 Å². The van der Waals surface area contributed by atoms with Gasteiger partial charge in [-0.3, -0.25) is 4.79 Å². The van der Waals surface area contributed by atoms with Crippen LogP contribution in [0.4, 0.5) is 16.2 Å². The first kappa shape index (κ1) is 17.8. The van der Waals surface area contributed by atoms with Crippen molar-refractivity contribution in [3.8, 4) is 0 Å². The molecule has 0 spiro atoms. The number of rotatable bonds is 4. The second kappa shape index (κ2) is 8.38. The van der Waals surface area contributed by atoms with Gasteiger partial charge in [0.2, 0.25) is 5.91 Å². The van der Waals surface area contributed by atoms with E-state index < -0.39 is 0 Å². The number of benzene rings is 2. The van der Waals surface area contributed by atoms with Gasteiger partial charge in [-0.25, -0.2) is 4.79 Å². The summed E-state index contributed by atoms with van der Waals surface area (Å²) in [6, 6.07) is 17.4. The van der Waals surface area contributed by atoms with Gasteiger partial charge in [0.05, 0.1) is 0 Å². The highest BCUT2D eigenvalue weighted by atomic mass is 16.2. The molecule has 2 aromatic rings. The van der Waals surface area contributed by atoms with E-state index in [4.69, 9.17) is 0 Å². The smallest absolute Gasteiger partial charge is 0.319 e. The highest BCUT2D eigenvalue weighted by Crippen LogP contribution is 2.21. The van der Waals surface area contributed by atoms with Crippen molar-refractivity contribution in [3.63, 3.8) is 0 Å². The van der Waals surface area contributed by atoms with Crippen LogP contribution < -0.4 is 15.5 Å². The highest BCUT2D eigenvalue weighted by Gasteiger charge is 2.18. The Hall–Kier alpha value is -3.02. The molecule has 0 atom stereocenters. The molecule has 1 heterocycles. The van der Waals surface area contributed by atoms with Crippen molar-refractivity contribution < 1.29 is 9.59 Å². The lowest BCUT2D eigenvalue weighted by molar-refractivity contribution is -0.129. The zero-order chi connectivity index (χ0) is 18.4. The van der Waals surface area contributed by atoms with E-state index in [9.17, 15) is 9.59 Å². The summed E-state index contributed by atoms with van der Waals surface area (Å²) in [5.74, 6) is 0.121. The van der Waals surface area contributed by atoms with Crippen LogP contribution in [0.25, 0.3) is 0 Å². The van der Waals surface area contributed by atoms with Crippen LogP contribution in [-0.4, -0.2) is 43.0 Å². The Balaban J connectivity index is 1.54. The molecule has 1 aliphatic heterocycles. The number of carbonyl (C=O) groups excluding carboxylic acids is 2. The zero-order valence-corrected chi connectivity index (χ0v) is 14.9. The summed E-state index contributed by atoms with van der Waals surface area (Å²) in [6.07, 6.45) is 0. The van der Waals surface area contributed by atoms with Crippen molar-refractivity contribution in [2.75, 3.05) is 36.4 Å². The molecule has 0 aromatic heterocycles. The van der Waals surface area contributed by atoms with Gasteiger partial charge in [0.15, 0.2) is 0 Å². The van der Waals surface area contributed by atoms with Crippen LogP contribution in [0.2, 0.25) is 0 Å². The lowest BCUT2D eigenvalue weighted by Crippen LogP contribution is -2.48. The maximum Gasteiger partial charge on any atom is 0.319 e. The number of nitrogens with zero attached hydrogens (tertiary/aromatic N) is 2. The lowest BCUT2D eigenvalue weighted by atomic mass is 10.2. The van der Waals surface area contributed by atoms with Gasteiger partial charge in [-0.05, 0) is 23.8 Å². The number of anilines is 2. The first-order valence-corrected chi connectivity index (χ1v) is 8.81. The normalized spacial score (nSPS) is 14.0. The second-order valence-corrected chi connectivity index (χ2v) is 6.34. The van der Waals surface area contributed by atoms with Gasteiger partial charge in [0.25, 0.3) is 0 Å². The van der Waals surface area contributed by atoms with Crippen LogP contribution >= 0.6 is 0 Å². The van der Waals surface area contributed by atoms with Gasteiger partial charge in [-0.1, -0.05) is 36.4 Å². The van der Waals surface area contributed by atoms with Gasteiger partial charge >= 0.3 is 6.03 Å². The number of hydrogen-bond acceptors (Lipinski definition) is 3. The highest BCUT2D eigenvalue weighted by molar-refractivity contribution is 5.89. The zero-order valence-electron chi connectivity index (χ0n) is 14.9. The fourth-order valence-electron chi connectivity index (χ4n) is 3.01. The maximum atomic E-state index is 12.1. The molecule has 0 unspecified atom stereocenters. The van der Waals surface area contributed by atoms with Crippen molar-refractivity contribution in [3.05, 3.63) is 60.2 Å². The van der Waals surface area contributed by atoms with Crippen molar-refractivity contribution in [1.82, 2.24) is 10.2 Å². The molecular weight excluding hydrogens is 328 g/mol. The van der Waals surface area contributed by atoms with Crippen LogP contribution in [0.5, 0.6) is 0 Å². The summed E-state index contributed by atoms with van der Waals surface area (Å²) in [4.78, 5) is 27.6. The molecular formula is C20H24N4O2. The minimum atomic E-state index is -0.229. The number of amides is 3. The molecule has 0 radical (unpaired) electrons. The van der Waals surface area contributed by atoms with Gasteiger partial charge < -0.3 is 20.4 Å². The summed E-state index contributed by atoms with van der Waals surface area (Å²) >= 11 is 0. The molecule has 136 valence electrons. The topological polar surface area (TPSA) is 64.7 Å². The molecule has 0 saturated carbocycles. The number of piperazine rings is 1. The number of nitrogens with one attached hydrogen (secondary N) is 2. The van der Waals surface area contributed by atoms with E-state index in [0.717, 1.165) is 43.1 Å². The van der Waals surface area contributed by atoms with E-state index in [-0.39, 0.29) is 11.9 Å². The van der Waals surface area contributed by atoms with Gasteiger partial charge in [0.1, 0.15) is 0 Å². The average molecular weight is 352 g/mol. The molecule has 3 rings (SSSR count). The SMILES string of the molecule is CC(=O)N1CCN(c2cccc(NC(=O)NCc3ccccc3)c2)CC1. The Morgan fingerprint density at radius 1 is 0.962 bits per heavy atom. The molecule has 1 aliphatic rings. The number of hydrogen-bond donors (Lipinski definition) is 2. The molecule has 6 nitrogen and oxygen atoms in total. The minimum Gasteiger partial charge on any atom is -0.368 e. The predicted molar refractivity (Wildman–Crippen MR) is 103 cm³/mol. The van der Waals surface area contributed by atoms with E-state index in [1.54, 1.807) is 6.92 Å². The van der Waals surface area contributed by atoms with Crippen LogP contribution in [0.15, 0.2) is 54.6 Å². The molecule has 6 heteroatoms. The monoisotopic (exact) mass is 352 g/mol. The van der Waals surface area contributed by atoms with E-state index in [1.807, 2.05) is 59.5 Å². The van der Waals surface area contributed by atoms with Gasteiger partial charge in [-0.2, -0.15) is 0 Å². The molecule has 3 amide bonds. The van der Waals surface area contributed by atoms with Crippen LogP contribution in [0.1, 0.15) is 12.5 Å². The predicted octanol–water partition coefficient (Wildman–Crippen LogP) is 2.68. The molecule has 0 aliphatic carbocycles. The van der Waals surface area contributed by atoms with E-state index >= 15 is 0 Å². The number of urea groups is 1. The third kappa shape index (κ3) is 4.75. The molecule has 1 fully saturated rings. The average Bonchev–Trinajstić information content (AvgIpc) is 2.67. The molecule has 26 heavy (non-hydrogen) atoms. The maximum absolute atomic E-state index is 12.1. The van der Waals surface area contributed by atoms with E-state index in [2.05, 4.69) is 15.5 Å². The van der Waals surface area contributed by atoms with Gasteiger partial charge in [0, 0.05) is 51.0 Å². The van der Waals surface area contributed by atoms with Crippen LogP contribution in [0.3, 0.4) is 0 Å². The van der Waals surface area contributed by atoms with E-state index in [0.29, 0.717) is 6.54 Å². The molecule has 0 bridgehead atoms. The third-order valence-electron chi connectivity index (χ3n) is 4.49. The second-order valence-electron chi connectivity index (χ2n) is 6.34. The van der Waals surface area contributed by atoms with Gasteiger partial charge in [-0.15, -0.1) is 0 Å². The van der Waals surface area contributed by atoms with Crippen molar-refractivity contribution >= 4 is 23.3 Å². The first-order chi connectivity index (χ1) is 12.6. The lowest BCUT2D eigenvalue weighted by Gasteiger charge is -2.35. The standard InChI is InChI=1S/C20H24N4O2/c1-16(25)23-10-12-24(13-11-23)19-9-5-8-18(14-19)22-20(26)21-15-17-6-3-2-4-7-17/h2-9,14H,10-13,15H2,1H3,(H2,21,22,26). The largest absolute Gasteiger partial charge is 0.368 e. The molecule has 1 saturated heterocycles. The third-order valence-corrected chi connectivity index (χ3v) is 4.49. The minimum absolute atomic E-state index is 0.121. The fraction of sp³-hybridized carbons (Fsp3) is 0.300. The molecule has 2 aromatic carbocycles. The first-order valence-electron chi connectivity index (χ1n) is 8.81.